The van der Waals surface area contributed by atoms with E-state index in [4.69, 9.17) is 18.0 Å². The lowest BCUT2D eigenvalue weighted by Crippen LogP contribution is -2.25. The molecule has 5 nitrogen and oxygen atoms in total. The first-order valence-corrected chi connectivity index (χ1v) is 6.67. The normalized spacial score (nSPS) is 10.6. The topological polar surface area (TPSA) is 67.1 Å². The molecule has 1 aromatic rings. The van der Waals surface area contributed by atoms with E-state index in [9.17, 15) is 0 Å². The number of thiocarbonyl (C=S) groups is 1. The Balaban J connectivity index is 2.42. The van der Waals surface area contributed by atoms with Gasteiger partial charge in [-0.15, -0.1) is 5.10 Å². The van der Waals surface area contributed by atoms with Crippen LogP contribution in [0.3, 0.4) is 0 Å². The molecule has 1 rings (SSSR count). The molecule has 0 bridgehead atoms. The Bertz CT molecular complexity index is 378. The lowest BCUT2D eigenvalue weighted by Gasteiger charge is -2.18. The van der Waals surface area contributed by atoms with Gasteiger partial charge in [-0.1, -0.05) is 26.1 Å². The molecule has 3 N–H and O–H groups in total. The minimum absolute atomic E-state index is 0.344. The monoisotopic (exact) mass is 267 g/mol. The summed E-state index contributed by atoms with van der Waals surface area (Å²) in [5.41, 5.74) is 6.38. The van der Waals surface area contributed by atoms with Gasteiger partial charge >= 0.3 is 0 Å². The van der Waals surface area contributed by atoms with Crippen molar-refractivity contribution in [3.05, 3.63) is 17.8 Å². The first kappa shape index (κ1) is 14.8. The van der Waals surface area contributed by atoms with Crippen LogP contribution in [0.4, 0.5) is 5.82 Å². The van der Waals surface area contributed by atoms with E-state index in [1.165, 1.54) is 0 Å². The van der Waals surface area contributed by atoms with Crippen LogP contribution in [0.1, 0.15) is 25.8 Å². The van der Waals surface area contributed by atoms with Crippen LogP contribution in [-0.2, 0) is 0 Å². The molecule has 0 spiro atoms. The fraction of sp³-hybridized carbons (Fsp3) is 0.583. The number of rotatable bonds is 8. The number of aromatic nitrogens is 2. The summed E-state index contributed by atoms with van der Waals surface area (Å²) in [4.78, 5) is 2.73. The molecular formula is C12H21N5S. The molecule has 0 fully saturated rings. The molecule has 100 valence electrons. The second kappa shape index (κ2) is 7.94. The number of nitrogens with two attached hydrogens (primary N) is 1. The van der Waals surface area contributed by atoms with Gasteiger partial charge < -0.3 is 16.0 Å². The van der Waals surface area contributed by atoms with Crippen molar-refractivity contribution in [2.45, 2.75) is 20.3 Å². The Morgan fingerprint density at radius 1 is 1.44 bits per heavy atom. The zero-order valence-electron chi connectivity index (χ0n) is 11.0. The van der Waals surface area contributed by atoms with Gasteiger partial charge in [-0.05, 0) is 32.1 Å². The van der Waals surface area contributed by atoms with E-state index >= 15 is 0 Å². The van der Waals surface area contributed by atoms with Gasteiger partial charge in [0, 0.05) is 6.54 Å². The summed E-state index contributed by atoms with van der Waals surface area (Å²) in [7, 11) is 0. The SMILES string of the molecule is CCN(CC)CCCNc1nnccc1C(N)=S. The zero-order valence-corrected chi connectivity index (χ0v) is 11.8. The third-order valence-corrected chi connectivity index (χ3v) is 3.04. The van der Waals surface area contributed by atoms with E-state index in [1.54, 1.807) is 12.3 Å². The van der Waals surface area contributed by atoms with E-state index < -0.39 is 0 Å². The highest BCUT2D eigenvalue weighted by Crippen LogP contribution is 2.09. The maximum absolute atomic E-state index is 5.63. The molecule has 0 aliphatic rings. The molecule has 18 heavy (non-hydrogen) atoms. The Labute approximate surface area is 114 Å². The van der Waals surface area contributed by atoms with Crippen molar-refractivity contribution in [1.82, 2.24) is 15.1 Å². The first-order chi connectivity index (χ1) is 8.69. The summed E-state index contributed by atoms with van der Waals surface area (Å²) >= 11 is 4.97. The molecule has 0 unspecified atom stereocenters. The van der Waals surface area contributed by atoms with Crippen LogP contribution in [-0.4, -0.2) is 46.3 Å². The molecule has 0 aromatic carbocycles. The highest BCUT2D eigenvalue weighted by molar-refractivity contribution is 7.80. The van der Waals surface area contributed by atoms with Crippen LogP contribution < -0.4 is 11.1 Å². The van der Waals surface area contributed by atoms with E-state index in [1.807, 2.05) is 0 Å². The van der Waals surface area contributed by atoms with Crippen LogP contribution in [0.2, 0.25) is 0 Å². The molecule has 0 aliphatic heterocycles. The van der Waals surface area contributed by atoms with E-state index in [-0.39, 0.29) is 0 Å². The molecular weight excluding hydrogens is 246 g/mol. The van der Waals surface area contributed by atoms with Crippen molar-refractivity contribution >= 4 is 23.0 Å². The number of hydrogen-bond acceptors (Lipinski definition) is 5. The van der Waals surface area contributed by atoms with Crippen molar-refractivity contribution < 1.29 is 0 Å². The molecule has 1 heterocycles. The molecule has 0 aliphatic carbocycles. The van der Waals surface area contributed by atoms with Crippen LogP contribution in [0.5, 0.6) is 0 Å². The third-order valence-electron chi connectivity index (χ3n) is 2.82. The second-order valence-electron chi connectivity index (χ2n) is 3.96. The highest BCUT2D eigenvalue weighted by atomic mass is 32.1. The quantitative estimate of drug-likeness (QED) is 0.546. The van der Waals surface area contributed by atoms with Gasteiger partial charge in [0.1, 0.15) is 4.99 Å². The molecule has 0 radical (unpaired) electrons. The van der Waals surface area contributed by atoms with Crippen LogP contribution in [0.15, 0.2) is 12.3 Å². The molecule has 0 atom stereocenters. The lowest BCUT2D eigenvalue weighted by atomic mass is 10.2. The van der Waals surface area contributed by atoms with Crippen LogP contribution in [0, 0.1) is 0 Å². The minimum Gasteiger partial charge on any atom is -0.389 e. The Hall–Kier alpha value is -1.27. The number of nitrogens with one attached hydrogen (secondary N) is 1. The highest BCUT2D eigenvalue weighted by Gasteiger charge is 2.06. The summed E-state index contributed by atoms with van der Waals surface area (Å²) < 4.78 is 0. The van der Waals surface area contributed by atoms with Gasteiger partial charge in [0.15, 0.2) is 5.82 Å². The minimum atomic E-state index is 0.344. The lowest BCUT2D eigenvalue weighted by molar-refractivity contribution is 0.303. The molecule has 6 heteroatoms. The van der Waals surface area contributed by atoms with Crippen LogP contribution in [0.25, 0.3) is 0 Å². The van der Waals surface area contributed by atoms with Gasteiger partial charge in [-0.2, -0.15) is 5.10 Å². The van der Waals surface area contributed by atoms with Gasteiger partial charge in [0.2, 0.25) is 0 Å². The first-order valence-electron chi connectivity index (χ1n) is 6.26. The van der Waals surface area contributed by atoms with E-state index in [0.717, 1.165) is 38.2 Å². The third kappa shape index (κ3) is 4.54. The van der Waals surface area contributed by atoms with Gasteiger partial charge in [0.05, 0.1) is 11.8 Å². The maximum atomic E-state index is 5.63. The predicted molar refractivity (Wildman–Crippen MR) is 78.8 cm³/mol. The Morgan fingerprint density at radius 3 is 2.78 bits per heavy atom. The number of nitrogens with zero attached hydrogens (tertiary/aromatic N) is 3. The fourth-order valence-corrected chi connectivity index (χ4v) is 1.88. The van der Waals surface area contributed by atoms with E-state index in [0.29, 0.717) is 10.8 Å². The van der Waals surface area contributed by atoms with E-state index in [2.05, 4.69) is 34.3 Å². The summed E-state index contributed by atoms with van der Waals surface area (Å²) in [5.74, 6) is 0.671. The summed E-state index contributed by atoms with van der Waals surface area (Å²) in [6, 6.07) is 1.78. The summed E-state index contributed by atoms with van der Waals surface area (Å²) in [6.45, 7) is 8.42. The standard InChI is InChI=1S/C12H21N5S/c1-3-17(4-2)9-5-7-14-12-10(11(13)18)6-8-15-16-12/h6,8H,3-5,7,9H2,1-2H3,(H2,13,18)(H,14,16). The Kier molecular flexibility index (Phi) is 6.53. The number of hydrogen-bond donors (Lipinski definition) is 2. The second-order valence-corrected chi connectivity index (χ2v) is 4.40. The van der Waals surface area contributed by atoms with Crippen molar-refractivity contribution in [2.24, 2.45) is 5.73 Å². The molecule has 0 saturated heterocycles. The van der Waals surface area contributed by atoms with Gasteiger partial charge in [0.25, 0.3) is 0 Å². The van der Waals surface area contributed by atoms with Crippen molar-refractivity contribution in [2.75, 3.05) is 31.5 Å². The van der Waals surface area contributed by atoms with Gasteiger partial charge in [-0.3, -0.25) is 0 Å². The average molecular weight is 267 g/mol. The average Bonchev–Trinajstić information content (AvgIpc) is 2.39. The predicted octanol–water partition coefficient (Wildman–Crippen LogP) is 1.25. The molecule has 0 amide bonds. The van der Waals surface area contributed by atoms with Crippen molar-refractivity contribution in [3.63, 3.8) is 0 Å². The molecule has 0 saturated carbocycles. The maximum Gasteiger partial charge on any atom is 0.158 e. The molecule has 1 aromatic heterocycles. The number of anilines is 1. The van der Waals surface area contributed by atoms with Gasteiger partial charge in [-0.25, -0.2) is 0 Å². The van der Waals surface area contributed by atoms with Crippen molar-refractivity contribution in [1.29, 1.82) is 0 Å². The van der Waals surface area contributed by atoms with Crippen molar-refractivity contribution in [3.8, 4) is 0 Å². The smallest absolute Gasteiger partial charge is 0.158 e. The largest absolute Gasteiger partial charge is 0.389 e. The fourth-order valence-electron chi connectivity index (χ4n) is 1.71. The summed E-state index contributed by atoms with van der Waals surface area (Å²) in [5, 5.41) is 11.1. The summed E-state index contributed by atoms with van der Waals surface area (Å²) in [6.07, 6.45) is 2.64. The van der Waals surface area contributed by atoms with Crippen LogP contribution >= 0.6 is 12.2 Å². The zero-order chi connectivity index (χ0) is 13.4. The Morgan fingerprint density at radius 2 is 2.17 bits per heavy atom.